The lowest BCUT2D eigenvalue weighted by atomic mass is 10.0. The van der Waals surface area contributed by atoms with E-state index in [-0.39, 0.29) is 36.5 Å². The quantitative estimate of drug-likeness (QED) is 0.731. The molecule has 8 heteroatoms. The van der Waals surface area contributed by atoms with E-state index in [0.717, 1.165) is 24.3 Å². The number of imide groups is 1. The highest BCUT2D eigenvalue weighted by Gasteiger charge is 2.41. The number of fused-ring (bicyclic) bond motifs is 3. The molecule has 4 aliphatic rings. The third-order valence-corrected chi connectivity index (χ3v) is 5.90. The Morgan fingerprint density at radius 1 is 1.12 bits per heavy atom. The first kappa shape index (κ1) is 17.3. The molecule has 26 heavy (non-hydrogen) atoms. The maximum absolute atomic E-state index is 12.7. The average Bonchev–Trinajstić information content (AvgIpc) is 3.30. The van der Waals surface area contributed by atoms with Crippen LogP contribution in [0.3, 0.4) is 0 Å². The summed E-state index contributed by atoms with van der Waals surface area (Å²) in [5.74, 6) is -0.730. The van der Waals surface area contributed by atoms with Crippen LogP contribution in [0.1, 0.15) is 35.2 Å². The second-order valence-corrected chi connectivity index (χ2v) is 7.39. The molecule has 3 fully saturated rings. The van der Waals surface area contributed by atoms with E-state index >= 15 is 0 Å². The largest absolute Gasteiger partial charge is 0.366 e. The Bertz CT molecular complexity index is 799. The highest BCUT2D eigenvalue weighted by molar-refractivity contribution is 6.05. The molecule has 0 spiro atoms. The van der Waals surface area contributed by atoms with Crippen LogP contribution >= 0.6 is 12.4 Å². The molecule has 0 aliphatic carbocycles. The minimum absolute atomic E-state index is 0. The molecule has 0 saturated carbocycles. The summed E-state index contributed by atoms with van der Waals surface area (Å²) in [6, 6.07) is 6.56. The van der Waals surface area contributed by atoms with E-state index in [1.807, 2.05) is 12.1 Å². The number of nitrogens with one attached hydrogen (secondary N) is 2. The highest BCUT2D eigenvalue weighted by Crippen LogP contribution is 2.34. The van der Waals surface area contributed by atoms with Gasteiger partial charge in [0.25, 0.3) is 5.91 Å². The minimum atomic E-state index is -0.548. The van der Waals surface area contributed by atoms with Crippen molar-refractivity contribution >= 4 is 35.8 Å². The molecule has 7 nitrogen and oxygen atoms in total. The molecule has 4 aliphatic heterocycles. The third kappa shape index (κ3) is 2.57. The van der Waals surface area contributed by atoms with E-state index in [2.05, 4.69) is 21.6 Å². The van der Waals surface area contributed by atoms with Crippen LogP contribution in [0.4, 0.5) is 5.69 Å². The standard InChI is InChI=1S/C18H20N4O3.ClH/c23-16-4-3-15(17(24)20-16)22-8-10-5-12(1-2-14(10)18(22)25)21-9-11-6-13(21)7-19-11;/h1-2,5,11,13,15,19H,3-4,6-9H2,(H,20,23,24);1H. The molecule has 5 rings (SSSR count). The van der Waals surface area contributed by atoms with Crippen LogP contribution in [0.15, 0.2) is 18.2 Å². The van der Waals surface area contributed by atoms with Gasteiger partial charge < -0.3 is 15.1 Å². The summed E-state index contributed by atoms with van der Waals surface area (Å²) in [4.78, 5) is 40.2. The molecule has 1 aromatic rings. The molecular weight excluding hydrogens is 356 g/mol. The summed E-state index contributed by atoms with van der Waals surface area (Å²) < 4.78 is 0. The zero-order valence-corrected chi connectivity index (χ0v) is 15.1. The number of carbonyl (C=O) groups is 3. The number of rotatable bonds is 2. The molecule has 138 valence electrons. The highest BCUT2D eigenvalue weighted by atomic mass is 35.5. The Morgan fingerprint density at radius 3 is 2.65 bits per heavy atom. The van der Waals surface area contributed by atoms with Gasteiger partial charge in [-0.05, 0) is 36.6 Å². The fourth-order valence-corrected chi connectivity index (χ4v) is 4.62. The van der Waals surface area contributed by atoms with Crippen LogP contribution in [-0.2, 0) is 16.1 Å². The maximum Gasteiger partial charge on any atom is 0.255 e. The lowest BCUT2D eigenvalue weighted by Gasteiger charge is -2.30. The van der Waals surface area contributed by atoms with Crippen molar-refractivity contribution in [2.45, 2.75) is 43.9 Å². The third-order valence-electron chi connectivity index (χ3n) is 5.90. The lowest BCUT2D eigenvalue weighted by Crippen LogP contribution is -2.52. The second-order valence-electron chi connectivity index (χ2n) is 7.39. The van der Waals surface area contributed by atoms with Crippen LogP contribution in [0, 0.1) is 0 Å². The van der Waals surface area contributed by atoms with E-state index in [1.165, 1.54) is 6.42 Å². The van der Waals surface area contributed by atoms with Crippen molar-refractivity contribution in [1.29, 1.82) is 0 Å². The maximum atomic E-state index is 12.7. The summed E-state index contributed by atoms with van der Waals surface area (Å²) in [7, 11) is 0. The Kier molecular flexibility index (Phi) is 4.16. The summed E-state index contributed by atoms with van der Waals surface area (Å²) in [5.41, 5.74) is 2.81. The van der Waals surface area contributed by atoms with Gasteiger partial charge in [0.2, 0.25) is 11.8 Å². The van der Waals surface area contributed by atoms with Gasteiger partial charge in [0.15, 0.2) is 0 Å². The molecule has 3 amide bonds. The van der Waals surface area contributed by atoms with Crippen LogP contribution in [0.5, 0.6) is 0 Å². The topological polar surface area (TPSA) is 81.8 Å². The van der Waals surface area contributed by atoms with E-state index in [9.17, 15) is 14.4 Å². The number of benzene rings is 1. The van der Waals surface area contributed by atoms with E-state index in [4.69, 9.17) is 0 Å². The van der Waals surface area contributed by atoms with Crippen LogP contribution in [0.25, 0.3) is 0 Å². The van der Waals surface area contributed by atoms with Crippen molar-refractivity contribution in [2.75, 3.05) is 18.0 Å². The van der Waals surface area contributed by atoms with Crippen molar-refractivity contribution < 1.29 is 14.4 Å². The number of hydrogen-bond donors (Lipinski definition) is 2. The molecule has 0 aromatic heterocycles. The SMILES string of the molecule is Cl.O=C1CCC(N2Cc3cc(N4CC5CC4CN5)ccc3C2=O)C(=O)N1. The average molecular weight is 377 g/mol. The van der Waals surface area contributed by atoms with E-state index in [0.29, 0.717) is 30.6 Å². The van der Waals surface area contributed by atoms with E-state index < -0.39 is 6.04 Å². The monoisotopic (exact) mass is 376 g/mol. The van der Waals surface area contributed by atoms with Crippen LogP contribution in [-0.4, -0.2) is 53.8 Å². The predicted molar refractivity (Wildman–Crippen MR) is 97.3 cm³/mol. The van der Waals surface area contributed by atoms with Crippen molar-refractivity contribution in [2.24, 2.45) is 0 Å². The minimum Gasteiger partial charge on any atom is -0.366 e. The van der Waals surface area contributed by atoms with Gasteiger partial charge in [0.1, 0.15) is 6.04 Å². The number of halogens is 1. The molecule has 3 unspecified atom stereocenters. The molecule has 1 aromatic carbocycles. The molecule has 3 atom stereocenters. The number of carbonyl (C=O) groups excluding carboxylic acids is 3. The van der Waals surface area contributed by atoms with Gasteiger partial charge in [-0.3, -0.25) is 19.7 Å². The van der Waals surface area contributed by atoms with Crippen molar-refractivity contribution in [3.63, 3.8) is 0 Å². The summed E-state index contributed by atoms with van der Waals surface area (Å²) in [6.45, 7) is 2.46. The Labute approximate surface area is 157 Å². The zero-order valence-electron chi connectivity index (χ0n) is 14.2. The summed E-state index contributed by atoms with van der Waals surface area (Å²) >= 11 is 0. The zero-order chi connectivity index (χ0) is 17.1. The van der Waals surface area contributed by atoms with Crippen molar-refractivity contribution in [3.8, 4) is 0 Å². The first-order chi connectivity index (χ1) is 12.1. The number of anilines is 1. The second kappa shape index (κ2) is 6.25. The fourth-order valence-electron chi connectivity index (χ4n) is 4.62. The lowest BCUT2D eigenvalue weighted by molar-refractivity contribution is -0.136. The van der Waals surface area contributed by atoms with Gasteiger partial charge >= 0.3 is 0 Å². The van der Waals surface area contributed by atoms with Gasteiger partial charge in [0, 0.05) is 49.4 Å². The first-order valence-electron chi connectivity index (χ1n) is 8.88. The molecule has 4 heterocycles. The molecule has 2 bridgehead atoms. The van der Waals surface area contributed by atoms with Gasteiger partial charge in [-0.1, -0.05) is 0 Å². The van der Waals surface area contributed by atoms with Crippen LogP contribution < -0.4 is 15.5 Å². The van der Waals surface area contributed by atoms with Crippen molar-refractivity contribution in [3.05, 3.63) is 29.3 Å². The summed E-state index contributed by atoms with van der Waals surface area (Å²) in [5, 5.41) is 5.84. The Balaban J connectivity index is 0.00000168. The van der Waals surface area contributed by atoms with Crippen LogP contribution in [0.2, 0.25) is 0 Å². The van der Waals surface area contributed by atoms with E-state index in [1.54, 1.807) is 4.90 Å². The molecule has 2 N–H and O–H groups in total. The number of nitrogens with zero attached hydrogens (tertiary/aromatic N) is 2. The van der Waals surface area contributed by atoms with Gasteiger partial charge in [-0.25, -0.2) is 0 Å². The number of hydrogen-bond acceptors (Lipinski definition) is 5. The van der Waals surface area contributed by atoms with Gasteiger partial charge in [-0.15, -0.1) is 12.4 Å². The summed E-state index contributed by atoms with van der Waals surface area (Å²) in [6.07, 6.45) is 1.86. The number of piperidine rings is 1. The van der Waals surface area contributed by atoms with Gasteiger partial charge in [-0.2, -0.15) is 0 Å². The van der Waals surface area contributed by atoms with Crippen molar-refractivity contribution in [1.82, 2.24) is 15.5 Å². The molecular formula is C18H21ClN4O3. The van der Waals surface area contributed by atoms with Gasteiger partial charge in [0.05, 0.1) is 0 Å². The smallest absolute Gasteiger partial charge is 0.255 e. The number of amides is 3. The first-order valence-corrected chi connectivity index (χ1v) is 8.88. The fraction of sp³-hybridized carbons (Fsp3) is 0.500. The predicted octanol–water partition coefficient (Wildman–Crippen LogP) is 0.420. The number of piperazine rings is 1. The Morgan fingerprint density at radius 2 is 1.96 bits per heavy atom. The molecule has 3 saturated heterocycles. The Hall–Kier alpha value is -2.12. The normalized spacial score (nSPS) is 29.7. The molecule has 0 radical (unpaired) electrons.